The Balaban J connectivity index is 2.04. The second kappa shape index (κ2) is 9.11. The zero-order chi connectivity index (χ0) is 24.4. The first kappa shape index (κ1) is 22.6. The van der Waals surface area contributed by atoms with Gasteiger partial charge in [-0.25, -0.2) is 14.6 Å². The minimum Gasteiger partial charge on any atom is -0.466 e. The Hall–Kier alpha value is -4.58. The van der Waals surface area contributed by atoms with Crippen LogP contribution in [0.3, 0.4) is 0 Å². The van der Waals surface area contributed by atoms with Crippen molar-refractivity contribution in [3.8, 4) is 6.07 Å². The Morgan fingerprint density at radius 2 is 1.82 bits per heavy atom. The number of anilines is 1. The number of aryl methyl sites for hydroxylation is 1. The molecule has 2 heterocycles. The molecular formula is C25H23N5O4. The molecule has 9 heteroatoms. The van der Waals surface area contributed by atoms with E-state index in [0.29, 0.717) is 16.8 Å². The molecule has 1 unspecified atom stereocenters. The number of nitrogens with two attached hydrogens (primary N) is 1. The molecule has 0 amide bonds. The third-order valence-electron chi connectivity index (χ3n) is 5.81. The standard InChI is InChI=1S/C25H23N5O4/c1-4-29-14-28-18-12-16(10-11-19(18)29)30-22(25(32)34-3)21(24(31)33-2)20(17(13-26)23(30)27)15-8-6-5-7-9-15/h5-12,14,20H,4,27H2,1-3H3. The van der Waals surface area contributed by atoms with Crippen molar-refractivity contribution < 1.29 is 19.1 Å². The van der Waals surface area contributed by atoms with Crippen molar-refractivity contribution in [3.05, 3.63) is 83.1 Å². The normalized spacial score (nSPS) is 15.9. The van der Waals surface area contributed by atoms with Gasteiger partial charge >= 0.3 is 11.9 Å². The zero-order valence-corrected chi connectivity index (χ0v) is 19.0. The number of allylic oxidation sites excluding steroid dienone is 1. The molecule has 1 aliphatic heterocycles. The van der Waals surface area contributed by atoms with Crippen LogP contribution in [0, 0.1) is 11.3 Å². The minimum absolute atomic E-state index is 0.0127. The molecule has 4 rings (SSSR count). The third-order valence-corrected chi connectivity index (χ3v) is 5.81. The molecule has 34 heavy (non-hydrogen) atoms. The predicted molar refractivity (Wildman–Crippen MR) is 125 cm³/mol. The van der Waals surface area contributed by atoms with E-state index in [1.807, 2.05) is 23.6 Å². The van der Waals surface area contributed by atoms with Crippen LogP contribution < -0.4 is 10.6 Å². The highest BCUT2D eigenvalue weighted by molar-refractivity contribution is 6.06. The fourth-order valence-electron chi connectivity index (χ4n) is 4.22. The van der Waals surface area contributed by atoms with Crippen LogP contribution in [0.15, 0.2) is 77.5 Å². The number of nitriles is 1. The first-order valence-electron chi connectivity index (χ1n) is 10.6. The topological polar surface area (TPSA) is 123 Å². The number of benzene rings is 2. The van der Waals surface area contributed by atoms with E-state index < -0.39 is 17.9 Å². The van der Waals surface area contributed by atoms with Crippen molar-refractivity contribution in [2.75, 3.05) is 19.1 Å². The number of esters is 2. The average molecular weight is 457 g/mol. The second-order valence-electron chi connectivity index (χ2n) is 7.54. The first-order chi connectivity index (χ1) is 16.5. The molecule has 172 valence electrons. The smallest absolute Gasteiger partial charge is 0.355 e. The number of fused-ring (bicyclic) bond motifs is 1. The Morgan fingerprint density at radius 3 is 2.44 bits per heavy atom. The summed E-state index contributed by atoms with van der Waals surface area (Å²) in [6.07, 6.45) is 1.72. The van der Waals surface area contributed by atoms with Gasteiger partial charge in [0, 0.05) is 6.54 Å². The van der Waals surface area contributed by atoms with Gasteiger partial charge in [-0.1, -0.05) is 30.3 Å². The van der Waals surface area contributed by atoms with Crippen LogP contribution in [0.4, 0.5) is 5.69 Å². The van der Waals surface area contributed by atoms with Gasteiger partial charge in [-0.05, 0) is 30.7 Å². The molecule has 0 radical (unpaired) electrons. The van der Waals surface area contributed by atoms with Crippen molar-refractivity contribution in [3.63, 3.8) is 0 Å². The number of carbonyl (C=O) groups is 2. The van der Waals surface area contributed by atoms with Crippen LogP contribution >= 0.6 is 0 Å². The number of imidazole rings is 1. The molecule has 0 saturated heterocycles. The Morgan fingerprint density at radius 1 is 1.12 bits per heavy atom. The highest BCUT2D eigenvalue weighted by Gasteiger charge is 2.43. The van der Waals surface area contributed by atoms with E-state index in [1.165, 1.54) is 19.1 Å². The molecule has 2 aromatic carbocycles. The molecule has 1 aromatic heterocycles. The monoisotopic (exact) mass is 457 g/mol. The van der Waals surface area contributed by atoms with Gasteiger partial charge in [-0.3, -0.25) is 4.90 Å². The van der Waals surface area contributed by atoms with Gasteiger partial charge in [0.05, 0.1) is 60.4 Å². The molecule has 2 N–H and O–H groups in total. The number of hydrogen-bond acceptors (Lipinski definition) is 8. The highest BCUT2D eigenvalue weighted by atomic mass is 16.5. The molecular weight excluding hydrogens is 434 g/mol. The highest BCUT2D eigenvalue weighted by Crippen LogP contribution is 2.43. The summed E-state index contributed by atoms with van der Waals surface area (Å²) in [7, 11) is 2.43. The molecule has 0 spiro atoms. The van der Waals surface area contributed by atoms with E-state index in [0.717, 1.165) is 12.1 Å². The van der Waals surface area contributed by atoms with Crippen LogP contribution in [-0.4, -0.2) is 35.7 Å². The molecule has 0 bridgehead atoms. The van der Waals surface area contributed by atoms with Gasteiger partial charge in [0.2, 0.25) is 0 Å². The quantitative estimate of drug-likeness (QED) is 0.580. The summed E-state index contributed by atoms with van der Waals surface area (Å²) < 4.78 is 12.1. The SMILES string of the molecule is CCn1cnc2cc(N3C(N)=C(C#N)C(c4ccccc4)C(C(=O)OC)=C3C(=O)OC)ccc21. The summed E-state index contributed by atoms with van der Waals surface area (Å²) in [5, 5.41) is 10.1. The molecule has 9 nitrogen and oxygen atoms in total. The lowest BCUT2D eigenvalue weighted by atomic mass is 9.81. The third kappa shape index (κ3) is 3.55. The van der Waals surface area contributed by atoms with E-state index in [1.54, 1.807) is 42.7 Å². The van der Waals surface area contributed by atoms with E-state index in [2.05, 4.69) is 11.1 Å². The largest absolute Gasteiger partial charge is 0.466 e. The molecule has 0 aliphatic carbocycles. The molecule has 0 saturated carbocycles. The van der Waals surface area contributed by atoms with Gasteiger partial charge in [0.1, 0.15) is 11.5 Å². The Bertz CT molecular complexity index is 1380. The van der Waals surface area contributed by atoms with Crippen molar-refractivity contribution >= 4 is 28.7 Å². The summed E-state index contributed by atoms with van der Waals surface area (Å²) in [4.78, 5) is 32.0. The maximum atomic E-state index is 13.1. The maximum Gasteiger partial charge on any atom is 0.355 e. The zero-order valence-electron chi connectivity index (χ0n) is 19.0. The van der Waals surface area contributed by atoms with Crippen LogP contribution in [0.25, 0.3) is 11.0 Å². The summed E-state index contributed by atoms with van der Waals surface area (Å²) in [5.41, 5.74) is 9.10. The fourth-order valence-corrected chi connectivity index (χ4v) is 4.22. The van der Waals surface area contributed by atoms with Crippen molar-refractivity contribution in [2.45, 2.75) is 19.4 Å². The average Bonchev–Trinajstić information content (AvgIpc) is 3.29. The van der Waals surface area contributed by atoms with Crippen LogP contribution in [-0.2, 0) is 25.6 Å². The number of aromatic nitrogens is 2. The number of methoxy groups -OCH3 is 2. The van der Waals surface area contributed by atoms with Crippen LogP contribution in [0.2, 0.25) is 0 Å². The molecule has 1 atom stereocenters. The second-order valence-corrected chi connectivity index (χ2v) is 7.54. The van der Waals surface area contributed by atoms with Crippen LogP contribution in [0.1, 0.15) is 18.4 Å². The molecule has 1 aliphatic rings. The van der Waals surface area contributed by atoms with Crippen molar-refractivity contribution in [1.82, 2.24) is 9.55 Å². The summed E-state index contributed by atoms with van der Waals surface area (Å²) in [5.74, 6) is -2.46. The number of carbonyl (C=O) groups excluding carboxylic acids is 2. The lowest BCUT2D eigenvalue weighted by Crippen LogP contribution is -2.40. The number of ether oxygens (including phenoxy) is 2. The maximum absolute atomic E-state index is 13.1. The summed E-state index contributed by atoms with van der Waals surface area (Å²) >= 11 is 0. The molecule has 0 fully saturated rings. The Labute approximate surface area is 196 Å². The van der Waals surface area contributed by atoms with Crippen molar-refractivity contribution in [2.24, 2.45) is 5.73 Å². The lowest BCUT2D eigenvalue weighted by molar-refractivity contribution is -0.139. The van der Waals surface area contributed by atoms with E-state index >= 15 is 0 Å². The van der Waals surface area contributed by atoms with E-state index in [4.69, 9.17) is 15.2 Å². The number of rotatable bonds is 5. The van der Waals surface area contributed by atoms with Gasteiger partial charge in [0.25, 0.3) is 0 Å². The minimum atomic E-state index is -0.910. The summed E-state index contributed by atoms with van der Waals surface area (Å²) in [6, 6.07) is 16.3. The number of hydrogen-bond donors (Lipinski definition) is 1. The van der Waals surface area contributed by atoms with Gasteiger partial charge in [-0.15, -0.1) is 0 Å². The lowest BCUT2D eigenvalue weighted by Gasteiger charge is -2.35. The van der Waals surface area contributed by atoms with Gasteiger partial charge in [-0.2, -0.15) is 5.26 Å². The van der Waals surface area contributed by atoms with E-state index in [-0.39, 0.29) is 22.7 Å². The molecule has 3 aromatic rings. The fraction of sp³-hybridized carbons (Fsp3) is 0.200. The van der Waals surface area contributed by atoms with Crippen molar-refractivity contribution in [1.29, 1.82) is 5.26 Å². The Kier molecular flexibility index (Phi) is 6.06. The predicted octanol–water partition coefficient (Wildman–Crippen LogP) is 2.95. The number of nitrogens with zero attached hydrogens (tertiary/aromatic N) is 4. The summed E-state index contributed by atoms with van der Waals surface area (Å²) in [6.45, 7) is 2.74. The van der Waals surface area contributed by atoms with E-state index in [9.17, 15) is 14.9 Å². The van der Waals surface area contributed by atoms with Crippen LogP contribution in [0.5, 0.6) is 0 Å². The van der Waals surface area contributed by atoms with Gasteiger partial charge in [0.15, 0.2) is 0 Å². The first-order valence-corrected chi connectivity index (χ1v) is 10.6. The van der Waals surface area contributed by atoms with Gasteiger partial charge < -0.3 is 19.8 Å².